The lowest BCUT2D eigenvalue weighted by molar-refractivity contribution is -0.139. The van der Waals surface area contributed by atoms with Gasteiger partial charge in [0.1, 0.15) is 0 Å². The maximum atomic E-state index is 12.5. The van der Waals surface area contributed by atoms with E-state index in [2.05, 4.69) is 5.32 Å². The Bertz CT molecular complexity index is 642. The van der Waals surface area contributed by atoms with E-state index in [1.807, 2.05) is 19.9 Å². The molecule has 23 heavy (non-hydrogen) atoms. The molecule has 124 valence electrons. The van der Waals surface area contributed by atoms with Gasteiger partial charge in [-0.1, -0.05) is 36.7 Å². The second kappa shape index (κ2) is 7.51. The van der Waals surface area contributed by atoms with Crippen molar-refractivity contribution in [3.63, 3.8) is 0 Å². The number of halogens is 1. The lowest BCUT2D eigenvalue weighted by Gasteiger charge is -2.35. The van der Waals surface area contributed by atoms with Crippen molar-refractivity contribution in [3.8, 4) is 0 Å². The Kier molecular flexibility index (Phi) is 5.66. The maximum absolute atomic E-state index is 12.5. The van der Waals surface area contributed by atoms with Crippen LogP contribution in [0.4, 0.5) is 4.79 Å². The van der Waals surface area contributed by atoms with E-state index in [1.54, 1.807) is 25.1 Å². The summed E-state index contributed by atoms with van der Waals surface area (Å²) in [5.74, 6) is -0.423. The van der Waals surface area contributed by atoms with Gasteiger partial charge in [0, 0.05) is 17.3 Å². The van der Waals surface area contributed by atoms with Crippen LogP contribution in [0.1, 0.15) is 38.8 Å². The van der Waals surface area contributed by atoms with Crippen LogP contribution in [0.5, 0.6) is 0 Å². The fourth-order valence-corrected chi connectivity index (χ4v) is 2.89. The highest BCUT2D eigenvalue weighted by molar-refractivity contribution is 6.31. The summed E-state index contributed by atoms with van der Waals surface area (Å²) in [4.78, 5) is 26.4. The highest BCUT2D eigenvalue weighted by Gasteiger charge is 2.36. The number of nitrogens with zero attached hydrogens (tertiary/aromatic N) is 1. The average molecular weight is 337 g/mol. The van der Waals surface area contributed by atoms with Crippen LogP contribution in [-0.2, 0) is 9.53 Å². The first kappa shape index (κ1) is 17.3. The number of allylic oxidation sites excluding steroid dienone is 1. The van der Waals surface area contributed by atoms with Gasteiger partial charge in [0.25, 0.3) is 0 Å². The lowest BCUT2D eigenvalue weighted by Crippen LogP contribution is -2.48. The van der Waals surface area contributed by atoms with Crippen LogP contribution < -0.4 is 5.32 Å². The molecule has 0 radical (unpaired) electrons. The Morgan fingerprint density at radius 3 is 2.65 bits per heavy atom. The Balaban J connectivity index is 2.50. The van der Waals surface area contributed by atoms with Crippen LogP contribution in [0.15, 0.2) is 35.5 Å². The van der Waals surface area contributed by atoms with E-state index in [4.69, 9.17) is 16.3 Å². The molecule has 1 N–H and O–H groups in total. The zero-order chi connectivity index (χ0) is 17.0. The molecule has 0 bridgehead atoms. The summed E-state index contributed by atoms with van der Waals surface area (Å²) < 4.78 is 5.30. The van der Waals surface area contributed by atoms with E-state index in [0.717, 1.165) is 6.42 Å². The molecule has 0 aliphatic carbocycles. The summed E-state index contributed by atoms with van der Waals surface area (Å²) in [6.07, 6.45) is 0.735. The van der Waals surface area contributed by atoms with E-state index in [-0.39, 0.29) is 6.03 Å². The SMILES string of the molecule is CCCOC(=O)C1=C(C)N(CC)C(=O)N[C@@H]1c1ccccc1Cl. The normalized spacial score (nSPS) is 18.0. The molecule has 1 atom stereocenters. The van der Waals surface area contributed by atoms with E-state index in [0.29, 0.717) is 35.0 Å². The van der Waals surface area contributed by atoms with Crippen molar-refractivity contribution in [1.29, 1.82) is 0 Å². The van der Waals surface area contributed by atoms with E-state index >= 15 is 0 Å². The number of carbonyl (C=O) groups is 2. The van der Waals surface area contributed by atoms with Gasteiger partial charge in [0.2, 0.25) is 0 Å². The van der Waals surface area contributed by atoms with Crippen LogP contribution in [0.25, 0.3) is 0 Å². The first-order valence-corrected chi connectivity index (χ1v) is 8.09. The summed E-state index contributed by atoms with van der Waals surface area (Å²) in [7, 11) is 0. The molecule has 1 aromatic carbocycles. The van der Waals surface area contributed by atoms with Gasteiger partial charge in [-0.15, -0.1) is 0 Å². The molecule has 0 saturated heterocycles. The third kappa shape index (κ3) is 3.50. The van der Waals surface area contributed by atoms with Crippen LogP contribution in [0, 0.1) is 0 Å². The number of hydrogen-bond donors (Lipinski definition) is 1. The van der Waals surface area contributed by atoms with Crippen molar-refractivity contribution < 1.29 is 14.3 Å². The van der Waals surface area contributed by atoms with Gasteiger partial charge in [-0.25, -0.2) is 9.59 Å². The highest BCUT2D eigenvalue weighted by atomic mass is 35.5. The molecule has 5 nitrogen and oxygen atoms in total. The maximum Gasteiger partial charge on any atom is 0.338 e. The first-order chi connectivity index (χ1) is 11.0. The minimum atomic E-state index is -0.608. The minimum absolute atomic E-state index is 0.248. The summed E-state index contributed by atoms with van der Waals surface area (Å²) in [5.41, 5.74) is 1.70. The van der Waals surface area contributed by atoms with Gasteiger partial charge in [-0.05, 0) is 31.9 Å². The van der Waals surface area contributed by atoms with Gasteiger partial charge in [0.05, 0.1) is 18.2 Å². The Labute approximate surface area is 141 Å². The van der Waals surface area contributed by atoms with Crippen molar-refractivity contribution in [3.05, 3.63) is 46.1 Å². The largest absolute Gasteiger partial charge is 0.462 e. The van der Waals surface area contributed by atoms with Crippen molar-refractivity contribution in [2.45, 2.75) is 33.2 Å². The number of rotatable bonds is 5. The van der Waals surface area contributed by atoms with Crippen LogP contribution in [-0.4, -0.2) is 30.1 Å². The van der Waals surface area contributed by atoms with Crippen LogP contribution in [0.2, 0.25) is 5.02 Å². The number of urea groups is 1. The summed E-state index contributed by atoms with van der Waals surface area (Å²) in [6.45, 7) is 6.35. The highest BCUT2D eigenvalue weighted by Crippen LogP contribution is 2.34. The zero-order valence-corrected chi connectivity index (χ0v) is 14.3. The molecule has 0 fully saturated rings. The van der Waals surface area contributed by atoms with Crippen molar-refractivity contribution in [2.75, 3.05) is 13.2 Å². The molecule has 6 heteroatoms. The van der Waals surface area contributed by atoms with Crippen molar-refractivity contribution >= 4 is 23.6 Å². The third-order valence-electron chi connectivity index (χ3n) is 3.79. The zero-order valence-electron chi connectivity index (χ0n) is 13.6. The van der Waals surface area contributed by atoms with Gasteiger partial charge in [-0.3, -0.25) is 4.90 Å². The molecule has 1 heterocycles. The van der Waals surface area contributed by atoms with Gasteiger partial charge < -0.3 is 10.1 Å². The molecule has 0 saturated carbocycles. The number of carbonyl (C=O) groups excluding carboxylic acids is 2. The molecule has 1 aromatic rings. The fourth-order valence-electron chi connectivity index (χ4n) is 2.64. The van der Waals surface area contributed by atoms with Crippen molar-refractivity contribution in [1.82, 2.24) is 10.2 Å². The van der Waals surface area contributed by atoms with Gasteiger partial charge in [-0.2, -0.15) is 0 Å². The number of esters is 1. The average Bonchev–Trinajstić information content (AvgIpc) is 2.53. The second-order valence-electron chi connectivity index (χ2n) is 5.28. The van der Waals surface area contributed by atoms with E-state index in [1.165, 1.54) is 4.90 Å². The molecule has 2 amide bonds. The number of amides is 2. The van der Waals surface area contributed by atoms with Gasteiger partial charge >= 0.3 is 12.0 Å². The first-order valence-electron chi connectivity index (χ1n) is 7.71. The molecule has 0 aromatic heterocycles. The van der Waals surface area contributed by atoms with E-state index in [9.17, 15) is 9.59 Å². The molecular weight excluding hydrogens is 316 g/mol. The number of hydrogen-bond acceptors (Lipinski definition) is 3. The Hall–Kier alpha value is -2.01. The standard InChI is InChI=1S/C17H21ClN2O3/c1-4-10-23-16(21)14-11(3)20(5-2)17(22)19-15(14)12-8-6-7-9-13(12)18/h6-9,15H,4-5,10H2,1-3H3,(H,19,22)/t15-/m1/s1. The topological polar surface area (TPSA) is 58.6 Å². The summed E-state index contributed by atoms with van der Waals surface area (Å²) >= 11 is 6.26. The predicted molar refractivity (Wildman–Crippen MR) is 89.1 cm³/mol. The molecule has 2 rings (SSSR count). The monoisotopic (exact) mass is 336 g/mol. The molecule has 0 unspecified atom stereocenters. The number of nitrogens with one attached hydrogen (secondary N) is 1. The number of benzene rings is 1. The summed E-state index contributed by atoms with van der Waals surface area (Å²) in [5, 5.41) is 3.35. The van der Waals surface area contributed by atoms with Gasteiger partial charge in [0.15, 0.2) is 0 Å². The quantitative estimate of drug-likeness (QED) is 0.835. The van der Waals surface area contributed by atoms with Crippen molar-refractivity contribution in [2.24, 2.45) is 0 Å². The van der Waals surface area contributed by atoms with Crippen LogP contribution >= 0.6 is 11.6 Å². The number of ether oxygens (including phenoxy) is 1. The minimum Gasteiger partial charge on any atom is -0.462 e. The van der Waals surface area contributed by atoms with E-state index < -0.39 is 12.0 Å². The molecule has 0 spiro atoms. The predicted octanol–water partition coefficient (Wildman–Crippen LogP) is 3.65. The second-order valence-corrected chi connectivity index (χ2v) is 5.69. The molecular formula is C17H21ClN2O3. The fraction of sp³-hybridized carbons (Fsp3) is 0.412. The Morgan fingerprint density at radius 2 is 2.04 bits per heavy atom. The lowest BCUT2D eigenvalue weighted by atomic mass is 9.95. The molecule has 1 aliphatic rings. The Morgan fingerprint density at radius 1 is 1.35 bits per heavy atom. The molecule has 1 aliphatic heterocycles. The van der Waals surface area contributed by atoms with Crippen LogP contribution in [0.3, 0.4) is 0 Å². The third-order valence-corrected chi connectivity index (χ3v) is 4.13. The summed E-state index contributed by atoms with van der Waals surface area (Å²) in [6, 6.07) is 6.31. The smallest absolute Gasteiger partial charge is 0.338 e.